The van der Waals surface area contributed by atoms with Gasteiger partial charge in [-0.25, -0.2) is 9.97 Å². The van der Waals surface area contributed by atoms with Crippen LogP contribution >= 0.6 is 0 Å². The van der Waals surface area contributed by atoms with Gasteiger partial charge in [0, 0.05) is 5.56 Å². The summed E-state index contributed by atoms with van der Waals surface area (Å²) < 4.78 is 5.19. The fourth-order valence-electron chi connectivity index (χ4n) is 2.60. The van der Waals surface area contributed by atoms with E-state index in [1.54, 1.807) is 37.5 Å². The maximum Gasteiger partial charge on any atom is 0.258 e. The summed E-state index contributed by atoms with van der Waals surface area (Å²) in [5.41, 5.74) is 2.40. The van der Waals surface area contributed by atoms with Gasteiger partial charge in [-0.05, 0) is 19.1 Å². The number of carbonyl (C=O) groups excluding carboxylic acids is 1. The highest BCUT2D eigenvalue weighted by atomic mass is 16.5. The molecule has 0 atom stereocenters. The topological polar surface area (TPSA) is 93.8 Å². The van der Waals surface area contributed by atoms with Crippen LogP contribution in [0.15, 0.2) is 71.5 Å². The lowest BCUT2D eigenvalue weighted by Crippen LogP contribution is -2.13. The van der Waals surface area contributed by atoms with Gasteiger partial charge in [0.15, 0.2) is 11.6 Å². The van der Waals surface area contributed by atoms with Crippen LogP contribution in [0.4, 0.5) is 5.69 Å². The first-order valence-corrected chi connectivity index (χ1v) is 8.29. The Balaban J connectivity index is 1.57. The molecule has 2 aromatic heterocycles. The quantitative estimate of drug-likeness (QED) is 0.598. The van der Waals surface area contributed by atoms with Crippen molar-refractivity contribution in [3.63, 3.8) is 0 Å². The van der Waals surface area contributed by atoms with Crippen LogP contribution in [0.1, 0.15) is 16.2 Å². The van der Waals surface area contributed by atoms with Gasteiger partial charge in [0.25, 0.3) is 11.8 Å². The number of nitrogens with zero attached hydrogens (tertiary/aromatic N) is 4. The Morgan fingerprint density at radius 3 is 2.37 bits per heavy atom. The predicted molar refractivity (Wildman–Crippen MR) is 99.9 cm³/mol. The van der Waals surface area contributed by atoms with Crippen molar-refractivity contribution >= 4 is 11.6 Å². The molecule has 1 N–H and O–H groups in total. The van der Waals surface area contributed by atoms with E-state index in [4.69, 9.17) is 4.52 Å². The van der Waals surface area contributed by atoms with Crippen LogP contribution in [0.5, 0.6) is 0 Å². The molecule has 0 bridgehead atoms. The number of anilines is 1. The lowest BCUT2D eigenvalue weighted by atomic mass is 10.1. The minimum atomic E-state index is -0.308. The zero-order chi connectivity index (χ0) is 18.6. The van der Waals surface area contributed by atoms with E-state index in [-0.39, 0.29) is 5.91 Å². The summed E-state index contributed by atoms with van der Waals surface area (Å²) in [5.74, 6) is 1.09. The number of aryl methyl sites for hydroxylation is 1. The number of benzene rings is 2. The molecular weight excluding hydrogens is 342 g/mol. The van der Waals surface area contributed by atoms with Gasteiger partial charge in [0.2, 0.25) is 0 Å². The first-order chi connectivity index (χ1) is 13.2. The monoisotopic (exact) mass is 357 g/mol. The largest absolute Gasteiger partial charge is 0.334 e. The number of nitrogens with one attached hydrogen (secondary N) is 1. The molecule has 4 aromatic rings. The van der Waals surface area contributed by atoms with E-state index in [1.807, 2.05) is 36.4 Å². The van der Waals surface area contributed by atoms with Crippen molar-refractivity contribution in [3.05, 3.63) is 78.4 Å². The summed E-state index contributed by atoms with van der Waals surface area (Å²) >= 11 is 0. The van der Waals surface area contributed by atoms with Crippen LogP contribution in [0, 0.1) is 6.92 Å². The van der Waals surface area contributed by atoms with E-state index < -0.39 is 0 Å². The number of amides is 1. The van der Waals surface area contributed by atoms with E-state index in [0.29, 0.717) is 34.4 Å². The molecule has 0 aliphatic heterocycles. The number of hydrogen-bond acceptors (Lipinski definition) is 6. The molecule has 0 radical (unpaired) electrons. The fraction of sp³-hybridized carbons (Fsp3) is 0.0500. The number of carbonyl (C=O) groups is 1. The normalized spacial score (nSPS) is 10.6. The standard InChI is InChI=1S/C20H15N5O2/c1-13-23-20(27-25-13)17-10-6-5-9-16(17)19(26)24-15-11-21-18(22-12-15)14-7-3-2-4-8-14/h2-12H,1H3,(H,24,26). The molecule has 4 rings (SSSR count). The third-order valence-corrected chi connectivity index (χ3v) is 3.87. The molecule has 7 heteroatoms. The average Bonchev–Trinajstić information content (AvgIpc) is 3.15. The van der Waals surface area contributed by atoms with Crippen molar-refractivity contribution in [3.8, 4) is 22.8 Å². The third kappa shape index (κ3) is 3.57. The van der Waals surface area contributed by atoms with Gasteiger partial charge in [0.1, 0.15) is 0 Å². The second kappa shape index (κ2) is 7.17. The maximum absolute atomic E-state index is 12.7. The second-order valence-corrected chi connectivity index (χ2v) is 5.81. The van der Waals surface area contributed by atoms with Crippen LogP contribution in [0.2, 0.25) is 0 Å². The molecule has 132 valence electrons. The Kier molecular flexibility index (Phi) is 4.40. The second-order valence-electron chi connectivity index (χ2n) is 5.81. The van der Waals surface area contributed by atoms with Crippen LogP contribution in [-0.4, -0.2) is 26.0 Å². The number of aromatic nitrogens is 4. The number of rotatable bonds is 4. The van der Waals surface area contributed by atoms with Crippen LogP contribution in [0.25, 0.3) is 22.8 Å². The average molecular weight is 357 g/mol. The summed E-state index contributed by atoms with van der Waals surface area (Å²) in [4.78, 5) is 25.5. The van der Waals surface area contributed by atoms with Crippen LogP contribution < -0.4 is 5.32 Å². The van der Waals surface area contributed by atoms with Crippen molar-refractivity contribution in [2.45, 2.75) is 6.92 Å². The molecule has 0 unspecified atom stereocenters. The maximum atomic E-state index is 12.7. The lowest BCUT2D eigenvalue weighted by Gasteiger charge is -2.08. The van der Waals surface area contributed by atoms with Gasteiger partial charge >= 0.3 is 0 Å². The molecule has 2 aromatic carbocycles. The molecule has 27 heavy (non-hydrogen) atoms. The molecule has 7 nitrogen and oxygen atoms in total. The molecule has 0 aliphatic carbocycles. The molecule has 0 spiro atoms. The Hall–Kier alpha value is -3.87. The van der Waals surface area contributed by atoms with Crippen LogP contribution in [0.3, 0.4) is 0 Å². The van der Waals surface area contributed by atoms with Crippen molar-refractivity contribution < 1.29 is 9.32 Å². The first-order valence-electron chi connectivity index (χ1n) is 8.29. The minimum Gasteiger partial charge on any atom is -0.334 e. The van der Waals surface area contributed by atoms with Gasteiger partial charge in [-0.1, -0.05) is 47.6 Å². The lowest BCUT2D eigenvalue weighted by molar-refractivity contribution is 0.102. The summed E-state index contributed by atoms with van der Waals surface area (Å²) in [6, 6.07) is 16.7. The highest BCUT2D eigenvalue weighted by Crippen LogP contribution is 2.23. The first kappa shape index (κ1) is 16.6. The van der Waals surface area contributed by atoms with Crippen LogP contribution in [-0.2, 0) is 0 Å². The molecule has 0 fully saturated rings. The van der Waals surface area contributed by atoms with E-state index in [0.717, 1.165) is 5.56 Å². The van der Waals surface area contributed by atoms with Crippen molar-refractivity contribution in [2.75, 3.05) is 5.32 Å². The zero-order valence-corrected chi connectivity index (χ0v) is 14.5. The summed E-state index contributed by atoms with van der Waals surface area (Å²) in [6.45, 7) is 1.72. The molecule has 0 aliphatic rings. The van der Waals surface area contributed by atoms with Crippen molar-refractivity contribution in [2.24, 2.45) is 0 Å². The summed E-state index contributed by atoms with van der Waals surface area (Å²) in [5, 5.41) is 6.58. The van der Waals surface area contributed by atoms with E-state index in [1.165, 1.54) is 0 Å². The SMILES string of the molecule is Cc1noc(-c2ccccc2C(=O)Nc2cnc(-c3ccccc3)nc2)n1. The van der Waals surface area contributed by atoms with Crippen molar-refractivity contribution in [1.29, 1.82) is 0 Å². The Morgan fingerprint density at radius 2 is 1.67 bits per heavy atom. The van der Waals surface area contributed by atoms with Gasteiger partial charge in [-0.15, -0.1) is 0 Å². The molecule has 0 saturated heterocycles. The van der Waals surface area contributed by atoms with Gasteiger partial charge in [0.05, 0.1) is 29.2 Å². The Labute approximate surface area is 155 Å². The third-order valence-electron chi connectivity index (χ3n) is 3.87. The highest BCUT2D eigenvalue weighted by molar-refractivity contribution is 6.08. The predicted octanol–water partition coefficient (Wildman–Crippen LogP) is 3.75. The number of hydrogen-bond donors (Lipinski definition) is 1. The zero-order valence-electron chi connectivity index (χ0n) is 14.5. The van der Waals surface area contributed by atoms with E-state index in [2.05, 4.69) is 25.4 Å². The van der Waals surface area contributed by atoms with Gasteiger partial charge in [-0.2, -0.15) is 4.98 Å². The molecule has 0 saturated carbocycles. The molecular formula is C20H15N5O2. The Bertz CT molecular complexity index is 1070. The van der Waals surface area contributed by atoms with E-state index >= 15 is 0 Å². The fourth-order valence-corrected chi connectivity index (χ4v) is 2.60. The van der Waals surface area contributed by atoms with Gasteiger partial charge in [-0.3, -0.25) is 4.79 Å². The minimum absolute atomic E-state index is 0.300. The smallest absolute Gasteiger partial charge is 0.258 e. The highest BCUT2D eigenvalue weighted by Gasteiger charge is 2.17. The van der Waals surface area contributed by atoms with E-state index in [9.17, 15) is 4.79 Å². The summed E-state index contributed by atoms with van der Waals surface area (Å²) in [6.07, 6.45) is 3.15. The Morgan fingerprint density at radius 1 is 0.963 bits per heavy atom. The molecule has 2 heterocycles. The molecule has 1 amide bonds. The summed E-state index contributed by atoms with van der Waals surface area (Å²) in [7, 11) is 0. The van der Waals surface area contributed by atoms with Gasteiger partial charge < -0.3 is 9.84 Å². The van der Waals surface area contributed by atoms with Crippen molar-refractivity contribution in [1.82, 2.24) is 20.1 Å².